The number of carbonyl (C=O) groups is 2. The smallest absolute Gasteiger partial charge is 0.338 e. The van der Waals surface area contributed by atoms with Crippen molar-refractivity contribution in [3.05, 3.63) is 82.5 Å². The maximum atomic E-state index is 12.4. The molecule has 0 unspecified atom stereocenters. The number of para-hydroxylation sites is 1. The van der Waals surface area contributed by atoms with Gasteiger partial charge in [-0.15, -0.1) is 0 Å². The minimum absolute atomic E-state index is 0.251. The van der Waals surface area contributed by atoms with E-state index in [4.69, 9.17) is 4.74 Å². The highest BCUT2D eigenvalue weighted by Crippen LogP contribution is 2.14. The van der Waals surface area contributed by atoms with E-state index >= 15 is 0 Å². The summed E-state index contributed by atoms with van der Waals surface area (Å²) in [5, 5.41) is 0. The predicted molar refractivity (Wildman–Crippen MR) is 106 cm³/mol. The summed E-state index contributed by atoms with van der Waals surface area (Å²) in [5.74, 6) is -0.893. The van der Waals surface area contributed by atoms with Gasteiger partial charge in [0.15, 0.2) is 6.61 Å². The first-order valence-electron chi connectivity index (χ1n) is 8.91. The van der Waals surface area contributed by atoms with Crippen molar-refractivity contribution in [2.75, 3.05) is 18.1 Å². The van der Waals surface area contributed by atoms with Gasteiger partial charge in [-0.05, 0) is 50.2 Å². The number of carbonyl (C=O) groups excluding carboxylic acids is 2. The van der Waals surface area contributed by atoms with E-state index in [9.17, 15) is 14.4 Å². The SMILES string of the molecule is CCN(C(=O)COC(=O)c1ccc(-n2c(C)c[nH]c2=O)cc1)c1ccccc1. The van der Waals surface area contributed by atoms with Crippen molar-refractivity contribution in [2.24, 2.45) is 0 Å². The average Bonchev–Trinajstić information content (AvgIpc) is 3.06. The monoisotopic (exact) mass is 379 g/mol. The molecule has 1 N–H and O–H groups in total. The van der Waals surface area contributed by atoms with Crippen LogP contribution in [0.4, 0.5) is 5.69 Å². The Kier molecular flexibility index (Phi) is 5.74. The normalized spacial score (nSPS) is 10.5. The molecule has 0 fully saturated rings. The summed E-state index contributed by atoms with van der Waals surface area (Å²) in [7, 11) is 0. The number of anilines is 1. The summed E-state index contributed by atoms with van der Waals surface area (Å²) < 4.78 is 6.66. The van der Waals surface area contributed by atoms with Crippen molar-refractivity contribution in [3.63, 3.8) is 0 Å². The Balaban J connectivity index is 1.65. The highest BCUT2D eigenvalue weighted by Gasteiger charge is 2.17. The van der Waals surface area contributed by atoms with Crippen LogP contribution in [-0.2, 0) is 9.53 Å². The third-order valence-electron chi connectivity index (χ3n) is 4.33. The number of esters is 1. The second kappa shape index (κ2) is 8.39. The molecule has 0 radical (unpaired) electrons. The molecule has 1 heterocycles. The van der Waals surface area contributed by atoms with Crippen LogP contribution >= 0.6 is 0 Å². The molecule has 0 aliphatic rings. The molecule has 0 saturated carbocycles. The van der Waals surface area contributed by atoms with Crippen LogP contribution in [0.3, 0.4) is 0 Å². The lowest BCUT2D eigenvalue weighted by Crippen LogP contribution is -2.34. The topological polar surface area (TPSA) is 84.4 Å². The van der Waals surface area contributed by atoms with Gasteiger partial charge in [-0.25, -0.2) is 9.59 Å². The Bertz CT molecular complexity index is 1020. The number of aromatic nitrogens is 2. The number of ether oxygens (including phenoxy) is 1. The molecule has 0 saturated heterocycles. The van der Waals surface area contributed by atoms with E-state index in [0.717, 1.165) is 11.4 Å². The van der Waals surface area contributed by atoms with Crippen LogP contribution in [0, 0.1) is 6.92 Å². The second-order valence-electron chi connectivity index (χ2n) is 6.17. The number of rotatable bonds is 6. The average molecular weight is 379 g/mol. The molecular formula is C21H21N3O4. The summed E-state index contributed by atoms with van der Waals surface area (Å²) in [6.07, 6.45) is 1.61. The molecule has 3 aromatic rings. The van der Waals surface area contributed by atoms with E-state index in [1.807, 2.05) is 37.3 Å². The number of aryl methyl sites for hydroxylation is 1. The molecule has 0 atom stereocenters. The number of likely N-dealkylation sites (N-methyl/N-ethyl adjacent to an activating group) is 1. The second-order valence-corrected chi connectivity index (χ2v) is 6.17. The van der Waals surface area contributed by atoms with E-state index < -0.39 is 5.97 Å². The van der Waals surface area contributed by atoms with Gasteiger partial charge in [-0.2, -0.15) is 0 Å². The van der Waals surface area contributed by atoms with Gasteiger partial charge in [-0.1, -0.05) is 18.2 Å². The summed E-state index contributed by atoms with van der Waals surface area (Å²) in [6.45, 7) is 3.79. The first-order valence-corrected chi connectivity index (χ1v) is 8.91. The Morgan fingerprint density at radius 2 is 1.75 bits per heavy atom. The van der Waals surface area contributed by atoms with Crippen LogP contribution in [-0.4, -0.2) is 34.6 Å². The van der Waals surface area contributed by atoms with Gasteiger partial charge in [-0.3, -0.25) is 9.36 Å². The van der Waals surface area contributed by atoms with Crippen LogP contribution in [0.1, 0.15) is 23.0 Å². The quantitative estimate of drug-likeness (QED) is 0.668. The Morgan fingerprint density at radius 3 is 2.32 bits per heavy atom. The van der Waals surface area contributed by atoms with Crippen LogP contribution in [0.5, 0.6) is 0 Å². The van der Waals surface area contributed by atoms with Crippen molar-refractivity contribution < 1.29 is 14.3 Å². The Hall–Kier alpha value is -3.61. The fraction of sp³-hybridized carbons (Fsp3) is 0.190. The number of aromatic amines is 1. The zero-order valence-electron chi connectivity index (χ0n) is 15.7. The van der Waals surface area contributed by atoms with Crippen LogP contribution < -0.4 is 10.6 Å². The number of amides is 1. The van der Waals surface area contributed by atoms with E-state index in [1.165, 1.54) is 4.57 Å². The van der Waals surface area contributed by atoms with Gasteiger partial charge in [0.1, 0.15) is 0 Å². The number of benzene rings is 2. The maximum Gasteiger partial charge on any atom is 0.338 e. The van der Waals surface area contributed by atoms with Crippen molar-refractivity contribution in [1.82, 2.24) is 9.55 Å². The van der Waals surface area contributed by atoms with Crippen LogP contribution in [0.15, 0.2) is 65.6 Å². The molecule has 144 valence electrons. The van der Waals surface area contributed by atoms with Gasteiger partial charge in [0, 0.05) is 24.1 Å². The highest BCUT2D eigenvalue weighted by molar-refractivity contribution is 5.97. The zero-order chi connectivity index (χ0) is 20.1. The minimum atomic E-state index is -0.595. The molecule has 7 heteroatoms. The van der Waals surface area contributed by atoms with E-state index in [1.54, 1.807) is 42.3 Å². The summed E-state index contributed by atoms with van der Waals surface area (Å²) in [5.41, 5.74) is 2.20. The largest absolute Gasteiger partial charge is 0.452 e. The van der Waals surface area contributed by atoms with Crippen molar-refractivity contribution in [1.29, 1.82) is 0 Å². The van der Waals surface area contributed by atoms with Gasteiger partial charge >= 0.3 is 11.7 Å². The van der Waals surface area contributed by atoms with Crippen LogP contribution in [0.2, 0.25) is 0 Å². The lowest BCUT2D eigenvalue weighted by molar-refractivity contribution is -0.121. The molecule has 28 heavy (non-hydrogen) atoms. The van der Waals surface area contributed by atoms with Crippen molar-refractivity contribution in [3.8, 4) is 5.69 Å². The maximum absolute atomic E-state index is 12.4. The number of nitrogens with zero attached hydrogens (tertiary/aromatic N) is 2. The number of hydrogen-bond acceptors (Lipinski definition) is 4. The summed E-state index contributed by atoms with van der Waals surface area (Å²) in [4.78, 5) is 40.6. The molecule has 3 rings (SSSR count). The lowest BCUT2D eigenvalue weighted by Gasteiger charge is -2.20. The van der Waals surface area contributed by atoms with Gasteiger partial charge < -0.3 is 14.6 Å². The summed E-state index contributed by atoms with van der Waals surface area (Å²) >= 11 is 0. The van der Waals surface area contributed by atoms with Gasteiger partial charge in [0.2, 0.25) is 0 Å². The molecular weight excluding hydrogens is 358 g/mol. The van der Waals surface area contributed by atoms with E-state index in [-0.39, 0.29) is 18.2 Å². The van der Waals surface area contributed by atoms with Gasteiger partial charge in [0.05, 0.1) is 11.3 Å². The highest BCUT2D eigenvalue weighted by atomic mass is 16.5. The first kappa shape index (κ1) is 19.2. The number of H-pyrrole nitrogens is 1. The standard InChI is InChI=1S/C21H21N3O4/c1-3-23(17-7-5-4-6-8-17)19(25)14-28-20(26)16-9-11-18(12-10-16)24-15(2)13-22-21(24)27/h4-13H,3,14H2,1-2H3,(H,22,27). The molecule has 0 spiro atoms. The number of nitrogens with one attached hydrogen (secondary N) is 1. The minimum Gasteiger partial charge on any atom is -0.452 e. The molecule has 0 bridgehead atoms. The van der Waals surface area contributed by atoms with E-state index in [0.29, 0.717) is 17.8 Å². The fourth-order valence-corrected chi connectivity index (χ4v) is 2.92. The van der Waals surface area contributed by atoms with Crippen LogP contribution in [0.25, 0.3) is 5.69 Å². The molecule has 1 amide bonds. The predicted octanol–water partition coefficient (Wildman–Crippen LogP) is 2.68. The first-order chi connectivity index (χ1) is 13.5. The Labute approximate surface area is 162 Å². The molecule has 1 aromatic heterocycles. The summed E-state index contributed by atoms with van der Waals surface area (Å²) in [6, 6.07) is 15.7. The third-order valence-corrected chi connectivity index (χ3v) is 4.33. The van der Waals surface area contributed by atoms with Crippen molar-refractivity contribution in [2.45, 2.75) is 13.8 Å². The molecule has 2 aromatic carbocycles. The third kappa shape index (κ3) is 4.03. The van der Waals surface area contributed by atoms with E-state index in [2.05, 4.69) is 4.98 Å². The van der Waals surface area contributed by atoms with Crippen molar-refractivity contribution >= 4 is 17.6 Å². The lowest BCUT2D eigenvalue weighted by atomic mass is 10.2. The molecule has 0 aliphatic carbocycles. The zero-order valence-corrected chi connectivity index (χ0v) is 15.7. The number of imidazole rings is 1. The number of hydrogen-bond donors (Lipinski definition) is 1. The van der Waals surface area contributed by atoms with Gasteiger partial charge in [0.25, 0.3) is 5.91 Å². The Morgan fingerprint density at radius 1 is 1.07 bits per heavy atom. The molecule has 7 nitrogen and oxygen atoms in total. The fourth-order valence-electron chi connectivity index (χ4n) is 2.92. The molecule has 0 aliphatic heterocycles.